The third kappa shape index (κ3) is 1.07. The van der Waals surface area contributed by atoms with Gasteiger partial charge in [0.05, 0.1) is 11.5 Å². The minimum Gasteiger partial charge on any atom is -0.481 e. The summed E-state index contributed by atoms with van der Waals surface area (Å²) < 4.78 is 0. The normalized spacial score (nSPS) is 42.1. The van der Waals surface area contributed by atoms with Gasteiger partial charge in [-0.2, -0.15) is 0 Å². The lowest BCUT2D eigenvalue weighted by Crippen LogP contribution is -2.50. The first-order chi connectivity index (χ1) is 6.66. The molecule has 0 atom stereocenters. The Labute approximate surface area is 90.5 Å². The lowest BCUT2D eigenvalue weighted by molar-refractivity contribution is -0.168. The van der Waals surface area contributed by atoms with Gasteiger partial charge in [0.25, 0.3) is 0 Å². The van der Waals surface area contributed by atoms with E-state index in [1.807, 2.05) is 0 Å². The first-order valence-electron chi connectivity index (χ1n) is 5.58. The van der Waals surface area contributed by atoms with E-state index in [-0.39, 0.29) is 16.7 Å². The van der Waals surface area contributed by atoms with E-state index in [4.69, 9.17) is 0 Å². The minimum absolute atomic E-state index is 0.0749. The summed E-state index contributed by atoms with van der Waals surface area (Å²) in [5.74, 6) is -0.533. The number of aliphatic carboxylic acids is 1. The Bertz CT molecular complexity index is 297. The molecule has 0 saturated heterocycles. The van der Waals surface area contributed by atoms with Gasteiger partial charge < -0.3 is 10.2 Å². The zero-order valence-electron chi connectivity index (χ0n) is 9.87. The van der Waals surface area contributed by atoms with E-state index < -0.39 is 17.5 Å². The van der Waals surface area contributed by atoms with Crippen molar-refractivity contribution in [2.24, 2.45) is 22.2 Å². The van der Waals surface area contributed by atoms with Crippen molar-refractivity contribution in [3.8, 4) is 0 Å². The minimum atomic E-state index is -0.726. The smallest absolute Gasteiger partial charge is 0.310 e. The van der Waals surface area contributed by atoms with E-state index in [2.05, 4.69) is 27.7 Å². The molecule has 86 valence electrons. The summed E-state index contributed by atoms with van der Waals surface area (Å²) in [6.45, 7) is 8.53. The fourth-order valence-electron chi connectivity index (χ4n) is 3.89. The highest BCUT2D eigenvalue weighted by atomic mass is 16.4. The summed E-state index contributed by atoms with van der Waals surface area (Å²) in [5, 5.41) is 18.8. The number of aliphatic hydroxyl groups excluding tert-OH is 1. The van der Waals surface area contributed by atoms with Crippen molar-refractivity contribution in [3.63, 3.8) is 0 Å². The van der Waals surface area contributed by atoms with Gasteiger partial charge in [0.2, 0.25) is 0 Å². The zero-order chi connectivity index (χ0) is 11.6. The first-order valence-corrected chi connectivity index (χ1v) is 5.58. The fraction of sp³-hybridized carbons (Fsp3) is 0.917. The first kappa shape index (κ1) is 10.9. The fourth-order valence-corrected chi connectivity index (χ4v) is 3.89. The number of hydrogen-bond donors (Lipinski definition) is 2. The summed E-state index contributed by atoms with van der Waals surface area (Å²) in [6.07, 6.45) is 0.452. The van der Waals surface area contributed by atoms with Gasteiger partial charge in [0, 0.05) is 0 Å². The lowest BCUT2D eigenvalue weighted by atomic mass is 9.61. The molecule has 0 aromatic heterocycles. The molecule has 2 aliphatic rings. The van der Waals surface area contributed by atoms with E-state index in [1.165, 1.54) is 0 Å². The highest BCUT2D eigenvalue weighted by molar-refractivity contribution is 5.78. The van der Waals surface area contributed by atoms with Crippen LogP contribution in [0.1, 0.15) is 40.5 Å². The quantitative estimate of drug-likeness (QED) is 0.735. The molecule has 0 aromatic carbocycles. The molecule has 2 aliphatic carbocycles. The number of aliphatic hydroxyl groups is 1. The van der Waals surface area contributed by atoms with Gasteiger partial charge >= 0.3 is 5.97 Å². The molecule has 0 heterocycles. The molecule has 0 bridgehead atoms. The Kier molecular flexibility index (Phi) is 1.87. The van der Waals surface area contributed by atoms with Crippen molar-refractivity contribution in [3.05, 3.63) is 0 Å². The Morgan fingerprint density at radius 1 is 1.13 bits per heavy atom. The number of hydrogen-bond acceptors (Lipinski definition) is 2. The molecule has 0 aromatic rings. The molecular weight excluding hydrogens is 192 g/mol. The number of carbonyl (C=O) groups is 1. The molecule has 3 heteroatoms. The van der Waals surface area contributed by atoms with Gasteiger partial charge in [-0.25, -0.2) is 0 Å². The van der Waals surface area contributed by atoms with Crippen LogP contribution in [0.3, 0.4) is 0 Å². The second-order valence-corrected chi connectivity index (χ2v) is 6.40. The largest absolute Gasteiger partial charge is 0.481 e. The molecule has 2 rings (SSSR count). The zero-order valence-corrected chi connectivity index (χ0v) is 9.87. The maximum Gasteiger partial charge on any atom is 0.310 e. The SMILES string of the molecule is CC1(C)C(C2(C(=O)O)CC(O)C2)C1(C)C. The molecule has 0 amide bonds. The van der Waals surface area contributed by atoms with Gasteiger partial charge in [-0.3, -0.25) is 4.79 Å². The summed E-state index contributed by atoms with van der Waals surface area (Å²) >= 11 is 0. The van der Waals surface area contributed by atoms with Gasteiger partial charge in [-0.1, -0.05) is 27.7 Å². The molecule has 2 saturated carbocycles. The van der Waals surface area contributed by atoms with Crippen LogP contribution in [0.4, 0.5) is 0 Å². The van der Waals surface area contributed by atoms with Crippen LogP contribution in [0.25, 0.3) is 0 Å². The third-order valence-electron chi connectivity index (χ3n) is 5.20. The van der Waals surface area contributed by atoms with Crippen LogP contribution >= 0.6 is 0 Å². The van der Waals surface area contributed by atoms with Crippen LogP contribution < -0.4 is 0 Å². The van der Waals surface area contributed by atoms with Crippen molar-refractivity contribution >= 4 is 5.97 Å². The predicted octanol–water partition coefficient (Wildman–Crippen LogP) is 1.89. The van der Waals surface area contributed by atoms with Gasteiger partial charge in [0.15, 0.2) is 0 Å². The summed E-state index contributed by atoms with van der Waals surface area (Å²) in [4.78, 5) is 11.4. The monoisotopic (exact) mass is 212 g/mol. The Hall–Kier alpha value is -0.570. The third-order valence-corrected chi connectivity index (χ3v) is 5.20. The molecule has 2 N–H and O–H groups in total. The van der Waals surface area contributed by atoms with Crippen molar-refractivity contribution < 1.29 is 15.0 Å². The summed E-state index contributed by atoms with van der Waals surface area (Å²) in [5.41, 5.74) is -0.510. The number of rotatable bonds is 2. The van der Waals surface area contributed by atoms with E-state index in [9.17, 15) is 15.0 Å². The van der Waals surface area contributed by atoms with Gasteiger partial charge in [0.1, 0.15) is 0 Å². The average molecular weight is 212 g/mol. The molecule has 0 spiro atoms. The van der Waals surface area contributed by atoms with Gasteiger partial charge in [-0.05, 0) is 29.6 Å². The molecule has 3 nitrogen and oxygen atoms in total. The highest BCUT2D eigenvalue weighted by Gasteiger charge is 2.76. The van der Waals surface area contributed by atoms with Crippen LogP contribution in [0.5, 0.6) is 0 Å². The standard InChI is InChI=1S/C12H20O3/c1-10(2)8(11(10,3)4)12(9(14)15)5-7(13)6-12/h7-8,13H,5-6H2,1-4H3,(H,14,15). The van der Waals surface area contributed by atoms with Crippen LogP contribution in [-0.4, -0.2) is 22.3 Å². The van der Waals surface area contributed by atoms with E-state index >= 15 is 0 Å². The Balaban J connectivity index is 2.28. The molecular formula is C12H20O3. The average Bonchev–Trinajstić information content (AvgIpc) is 2.37. The van der Waals surface area contributed by atoms with Crippen LogP contribution in [0.2, 0.25) is 0 Å². The van der Waals surface area contributed by atoms with E-state index in [1.54, 1.807) is 0 Å². The molecule has 0 unspecified atom stereocenters. The van der Waals surface area contributed by atoms with Crippen LogP contribution in [0.15, 0.2) is 0 Å². The second kappa shape index (κ2) is 2.57. The molecule has 0 radical (unpaired) electrons. The molecule has 15 heavy (non-hydrogen) atoms. The maximum atomic E-state index is 11.4. The second-order valence-electron chi connectivity index (χ2n) is 6.40. The summed E-state index contributed by atoms with van der Waals surface area (Å²) in [6, 6.07) is 0. The number of carboxylic acid groups (broad SMARTS) is 1. The summed E-state index contributed by atoms with van der Waals surface area (Å²) in [7, 11) is 0. The molecule has 2 fully saturated rings. The highest BCUT2D eigenvalue weighted by Crippen LogP contribution is 2.77. The predicted molar refractivity (Wildman–Crippen MR) is 56.4 cm³/mol. The van der Waals surface area contributed by atoms with Crippen LogP contribution in [0, 0.1) is 22.2 Å². The lowest BCUT2D eigenvalue weighted by Gasteiger charge is -2.43. The van der Waals surface area contributed by atoms with E-state index in [0.29, 0.717) is 12.8 Å². The van der Waals surface area contributed by atoms with Crippen molar-refractivity contribution in [1.82, 2.24) is 0 Å². The Morgan fingerprint density at radius 2 is 1.53 bits per heavy atom. The topological polar surface area (TPSA) is 57.5 Å². The van der Waals surface area contributed by atoms with E-state index in [0.717, 1.165) is 0 Å². The number of carboxylic acids is 1. The molecule has 0 aliphatic heterocycles. The Morgan fingerprint density at radius 3 is 1.73 bits per heavy atom. The van der Waals surface area contributed by atoms with Crippen molar-refractivity contribution in [1.29, 1.82) is 0 Å². The van der Waals surface area contributed by atoms with Gasteiger partial charge in [-0.15, -0.1) is 0 Å². The van der Waals surface area contributed by atoms with Crippen molar-refractivity contribution in [2.75, 3.05) is 0 Å². The van der Waals surface area contributed by atoms with Crippen molar-refractivity contribution in [2.45, 2.75) is 46.6 Å². The van der Waals surface area contributed by atoms with Crippen LogP contribution in [-0.2, 0) is 4.79 Å². The maximum absolute atomic E-state index is 11.4.